The number of rotatable bonds is 5. The van der Waals surface area contributed by atoms with Crippen LogP contribution in [0.4, 0.5) is 0 Å². The van der Waals surface area contributed by atoms with Gasteiger partial charge in [0.05, 0.1) is 12.5 Å². The predicted molar refractivity (Wildman–Crippen MR) is 63.0 cm³/mol. The summed E-state index contributed by atoms with van der Waals surface area (Å²) >= 11 is 1.68. The highest BCUT2D eigenvalue weighted by Crippen LogP contribution is 2.20. The fourth-order valence-electron chi connectivity index (χ4n) is 1.09. The van der Waals surface area contributed by atoms with Gasteiger partial charge in [0.25, 0.3) is 0 Å². The zero-order valence-electron chi connectivity index (χ0n) is 9.10. The van der Waals surface area contributed by atoms with Crippen LogP contribution >= 0.6 is 11.8 Å². The van der Waals surface area contributed by atoms with Crippen molar-refractivity contribution in [2.24, 2.45) is 5.92 Å². The van der Waals surface area contributed by atoms with Crippen molar-refractivity contribution in [3.8, 4) is 0 Å². The summed E-state index contributed by atoms with van der Waals surface area (Å²) in [4.78, 5) is 12.5. The molecule has 82 valence electrons. The first-order chi connectivity index (χ1) is 7.24. The Morgan fingerprint density at radius 1 is 1.40 bits per heavy atom. The molecule has 1 aromatic rings. The van der Waals surface area contributed by atoms with E-state index in [0.29, 0.717) is 6.61 Å². The van der Waals surface area contributed by atoms with Crippen molar-refractivity contribution in [1.82, 2.24) is 0 Å². The van der Waals surface area contributed by atoms with Crippen LogP contribution in [0.5, 0.6) is 0 Å². The Hall–Kier alpha value is -0.960. The van der Waals surface area contributed by atoms with Gasteiger partial charge in [-0.1, -0.05) is 25.1 Å². The molecule has 0 aliphatic heterocycles. The number of carbonyl (C=O) groups excluding carboxylic acids is 1. The first kappa shape index (κ1) is 12.1. The zero-order valence-corrected chi connectivity index (χ0v) is 9.92. The maximum Gasteiger partial charge on any atom is 0.309 e. The summed E-state index contributed by atoms with van der Waals surface area (Å²) in [6.07, 6.45) is 0. The molecule has 0 aliphatic rings. The highest BCUT2D eigenvalue weighted by molar-refractivity contribution is 7.99. The average molecular weight is 224 g/mol. The van der Waals surface area contributed by atoms with E-state index in [1.807, 2.05) is 44.2 Å². The Balaban J connectivity index is 2.34. The Morgan fingerprint density at radius 2 is 2.07 bits per heavy atom. The fraction of sp³-hybridized carbons (Fsp3) is 0.417. The van der Waals surface area contributed by atoms with E-state index >= 15 is 0 Å². The van der Waals surface area contributed by atoms with E-state index in [-0.39, 0.29) is 11.9 Å². The number of thioether (sulfide) groups is 1. The van der Waals surface area contributed by atoms with Crippen LogP contribution in [0.15, 0.2) is 35.2 Å². The van der Waals surface area contributed by atoms with E-state index in [4.69, 9.17) is 4.74 Å². The smallest absolute Gasteiger partial charge is 0.309 e. The largest absolute Gasteiger partial charge is 0.466 e. The summed E-state index contributed by atoms with van der Waals surface area (Å²) in [5.74, 6) is 0.610. The molecule has 1 rings (SSSR count). The molecule has 1 atom stereocenters. The summed E-state index contributed by atoms with van der Waals surface area (Å²) in [5, 5.41) is 0. The van der Waals surface area contributed by atoms with Gasteiger partial charge in [-0.15, -0.1) is 11.8 Å². The molecule has 15 heavy (non-hydrogen) atoms. The summed E-state index contributed by atoms with van der Waals surface area (Å²) in [6, 6.07) is 10.1. The molecule has 0 saturated carbocycles. The molecule has 0 aromatic heterocycles. The molecule has 0 amide bonds. The maximum absolute atomic E-state index is 11.3. The van der Waals surface area contributed by atoms with Crippen molar-refractivity contribution < 1.29 is 9.53 Å². The van der Waals surface area contributed by atoms with Gasteiger partial charge < -0.3 is 4.74 Å². The van der Waals surface area contributed by atoms with Crippen LogP contribution in [0.2, 0.25) is 0 Å². The van der Waals surface area contributed by atoms with Gasteiger partial charge in [-0.05, 0) is 19.1 Å². The standard InChI is InChI=1S/C12H16O2S/c1-3-14-12(13)10(2)9-15-11-7-5-4-6-8-11/h4-8,10H,3,9H2,1-2H3. The number of ether oxygens (including phenoxy) is 1. The van der Waals surface area contributed by atoms with E-state index < -0.39 is 0 Å². The molecule has 0 spiro atoms. The minimum atomic E-state index is -0.110. The maximum atomic E-state index is 11.3. The van der Waals surface area contributed by atoms with E-state index in [9.17, 15) is 4.79 Å². The third-order valence-electron chi connectivity index (χ3n) is 1.93. The van der Waals surface area contributed by atoms with Crippen LogP contribution in [0, 0.1) is 5.92 Å². The van der Waals surface area contributed by atoms with Crippen molar-refractivity contribution in [1.29, 1.82) is 0 Å². The third kappa shape index (κ3) is 4.38. The van der Waals surface area contributed by atoms with Crippen LogP contribution in [0.3, 0.4) is 0 Å². The summed E-state index contributed by atoms with van der Waals surface area (Å²) < 4.78 is 4.94. The number of esters is 1. The molecule has 0 bridgehead atoms. The van der Waals surface area contributed by atoms with Gasteiger partial charge in [0, 0.05) is 10.6 Å². The third-order valence-corrected chi connectivity index (χ3v) is 3.20. The minimum Gasteiger partial charge on any atom is -0.466 e. The molecule has 0 fully saturated rings. The normalized spacial score (nSPS) is 12.1. The SMILES string of the molecule is CCOC(=O)C(C)CSc1ccccc1. The molecule has 0 aliphatic carbocycles. The molecular weight excluding hydrogens is 208 g/mol. The second-order valence-corrected chi connectivity index (χ2v) is 4.37. The van der Waals surface area contributed by atoms with Gasteiger partial charge in [-0.25, -0.2) is 0 Å². The van der Waals surface area contributed by atoms with Crippen LogP contribution in [-0.2, 0) is 9.53 Å². The lowest BCUT2D eigenvalue weighted by Gasteiger charge is -2.09. The average Bonchev–Trinajstić information content (AvgIpc) is 2.27. The Morgan fingerprint density at radius 3 is 2.67 bits per heavy atom. The van der Waals surface area contributed by atoms with Crippen molar-refractivity contribution in [3.63, 3.8) is 0 Å². The molecular formula is C12H16O2S. The lowest BCUT2D eigenvalue weighted by atomic mass is 10.2. The molecule has 3 heteroatoms. The van der Waals surface area contributed by atoms with E-state index in [1.54, 1.807) is 11.8 Å². The van der Waals surface area contributed by atoms with Gasteiger partial charge in [0.15, 0.2) is 0 Å². The first-order valence-corrected chi connectivity index (χ1v) is 6.07. The molecule has 0 saturated heterocycles. The van der Waals surface area contributed by atoms with Gasteiger partial charge in [-0.3, -0.25) is 4.79 Å². The van der Waals surface area contributed by atoms with E-state index in [2.05, 4.69) is 0 Å². The quantitative estimate of drug-likeness (QED) is 0.568. The van der Waals surface area contributed by atoms with Crippen molar-refractivity contribution >= 4 is 17.7 Å². The van der Waals surface area contributed by atoms with Crippen LogP contribution in [-0.4, -0.2) is 18.3 Å². The van der Waals surface area contributed by atoms with Gasteiger partial charge in [-0.2, -0.15) is 0 Å². The minimum absolute atomic E-state index is 0.0462. The van der Waals surface area contributed by atoms with Crippen LogP contribution < -0.4 is 0 Å². The van der Waals surface area contributed by atoms with Crippen LogP contribution in [0.25, 0.3) is 0 Å². The Labute approximate surface area is 95.0 Å². The molecule has 2 nitrogen and oxygen atoms in total. The summed E-state index contributed by atoms with van der Waals surface area (Å²) in [7, 11) is 0. The molecule has 1 unspecified atom stereocenters. The molecule has 0 heterocycles. The lowest BCUT2D eigenvalue weighted by Crippen LogP contribution is -2.16. The van der Waals surface area contributed by atoms with Gasteiger partial charge in [0.1, 0.15) is 0 Å². The predicted octanol–water partition coefficient (Wildman–Crippen LogP) is 2.98. The second kappa shape index (κ2) is 6.51. The topological polar surface area (TPSA) is 26.3 Å². The summed E-state index contributed by atoms with van der Waals surface area (Å²) in [6.45, 7) is 4.18. The zero-order chi connectivity index (χ0) is 11.1. The fourth-order valence-corrected chi connectivity index (χ4v) is 2.02. The van der Waals surface area contributed by atoms with Gasteiger partial charge >= 0.3 is 5.97 Å². The molecule has 0 N–H and O–H groups in total. The molecule has 1 aromatic carbocycles. The number of hydrogen-bond acceptors (Lipinski definition) is 3. The van der Waals surface area contributed by atoms with Crippen LogP contribution in [0.1, 0.15) is 13.8 Å². The van der Waals surface area contributed by atoms with Crippen molar-refractivity contribution in [2.75, 3.05) is 12.4 Å². The molecule has 0 radical (unpaired) electrons. The number of benzene rings is 1. The van der Waals surface area contributed by atoms with E-state index in [0.717, 1.165) is 5.75 Å². The highest BCUT2D eigenvalue weighted by Gasteiger charge is 2.13. The Kier molecular flexibility index (Phi) is 5.26. The summed E-state index contributed by atoms with van der Waals surface area (Å²) in [5.41, 5.74) is 0. The first-order valence-electron chi connectivity index (χ1n) is 5.08. The van der Waals surface area contributed by atoms with Crippen molar-refractivity contribution in [3.05, 3.63) is 30.3 Å². The lowest BCUT2D eigenvalue weighted by molar-refractivity contribution is -0.146. The van der Waals surface area contributed by atoms with Crippen molar-refractivity contribution in [2.45, 2.75) is 18.7 Å². The number of carbonyl (C=O) groups is 1. The van der Waals surface area contributed by atoms with Gasteiger partial charge in [0.2, 0.25) is 0 Å². The highest BCUT2D eigenvalue weighted by atomic mass is 32.2. The number of hydrogen-bond donors (Lipinski definition) is 0. The Bertz CT molecular complexity index is 298. The monoisotopic (exact) mass is 224 g/mol. The second-order valence-electron chi connectivity index (χ2n) is 3.28. The van der Waals surface area contributed by atoms with E-state index in [1.165, 1.54) is 4.90 Å².